The third-order valence-electron chi connectivity index (χ3n) is 4.15. The fraction of sp³-hybridized carbons (Fsp3) is 0.647. The van der Waals surface area contributed by atoms with Crippen molar-refractivity contribution in [3.8, 4) is 0 Å². The maximum absolute atomic E-state index is 8.87. The smallest absolute Gasteiger partial charge is 0.0443 e. The van der Waals surface area contributed by atoms with E-state index in [4.69, 9.17) is 5.11 Å². The van der Waals surface area contributed by atoms with Gasteiger partial charge >= 0.3 is 0 Å². The molecule has 112 valence electrons. The second-order valence-corrected chi connectivity index (χ2v) is 6.09. The number of aliphatic hydroxyl groups excluding tert-OH is 1. The summed E-state index contributed by atoms with van der Waals surface area (Å²) in [5, 5.41) is 8.87. The van der Waals surface area contributed by atoms with Crippen molar-refractivity contribution in [3.05, 3.63) is 35.4 Å². The van der Waals surface area contributed by atoms with E-state index in [9.17, 15) is 0 Å². The average molecular weight is 276 g/mol. The molecule has 1 aromatic carbocycles. The number of piperazine rings is 1. The van der Waals surface area contributed by atoms with E-state index in [1.54, 1.807) is 0 Å². The lowest BCUT2D eigenvalue weighted by Crippen LogP contribution is -2.46. The van der Waals surface area contributed by atoms with E-state index < -0.39 is 0 Å². The van der Waals surface area contributed by atoms with Gasteiger partial charge in [0.2, 0.25) is 0 Å². The van der Waals surface area contributed by atoms with Crippen molar-refractivity contribution in [1.82, 2.24) is 9.80 Å². The SMILES string of the molecule is CC(C)c1ccc(CN2CCN(CCCO)CC2)cc1. The summed E-state index contributed by atoms with van der Waals surface area (Å²) in [6.07, 6.45) is 0.899. The van der Waals surface area contributed by atoms with Crippen molar-refractivity contribution in [2.75, 3.05) is 39.3 Å². The maximum Gasteiger partial charge on any atom is 0.0443 e. The van der Waals surface area contributed by atoms with Gasteiger partial charge in [-0.25, -0.2) is 0 Å². The fourth-order valence-electron chi connectivity index (χ4n) is 2.73. The molecule has 0 radical (unpaired) electrons. The first-order chi connectivity index (χ1) is 9.69. The molecule has 0 saturated carbocycles. The van der Waals surface area contributed by atoms with Gasteiger partial charge in [-0.15, -0.1) is 0 Å². The maximum atomic E-state index is 8.87. The fourth-order valence-corrected chi connectivity index (χ4v) is 2.73. The van der Waals surface area contributed by atoms with Crippen LogP contribution in [0.2, 0.25) is 0 Å². The largest absolute Gasteiger partial charge is 0.396 e. The molecule has 1 aliphatic heterocycles. The minimum absolute atomic E-state index is 0.308. The van der Waals surface area contributed by atoms with Crippen LogP contribution in [0.25, 0.3) is 0 Å². The lowest BCUT2D eigenvalue weighted by molar-refractivity contribution is 0.120. The van der Waals surface area contributed by atoms with E-state index in [1.165, 1.54) is 11.1 Å². The van der Waals surface area contributed by atoms with Crippen LogP contribution in [-0.2, 0) is 6.54 Å². The molecule has 2 rings (SSSR count). The summed E-state index contributed by atoms with van der Waals surface area (Å²) in [6.45, 7) is 11.4. The van der Waals surface area contributed by atoms with Crippen LogP contribution in [0.3, 0.4) is 0 Å². The zero-order valence-electron chi connectivity index (χ0n) is 12.9. The molecule has 0 amide bonds. The van der Waals surface area contributed by atoms with Crippen LogP contribution >= 0.6 is 0 Å². The summed E-state index contributed by atoms with van der Waals surface area (Å²) in [5.41, 5.74) is 2.83. The second-order valence-electron chi connectivity index (χ2n) is 6.09. The van der Waals surface area contributed by atoms with Crippen LogP contribution in [-0.4, -0.2) is 54.2 Å². The lowest BCUT2D eigenvalue weighted by Gasteiger charge is -2.34. The van der Waals surface area contributed by atoms with E-state index in [1.807, 2.05) is 0 Å². The third kappa shape index (κ3) is 4.58. The van der Waals surface area contributed by atoms with E-state index in [-0.39, 0.29) is 0 Å². The van der Waals surface area contributed by atoms with Crippen LogP contribution in [0.4, 0.5) is 0 Å². The number of hydrogen-bond donors (Lipinski definition) is 1. The lowest BCUT2D eigenvalue weighted by atomic mass is 10.0. The Hall–Kier alpha value is -0.900. The topological polar surface area (TPSA) is 26.7 Å². The normalized spacial score (nSPS) is 17.8. The predicted octanol–water partition coefficient (Wildman–Crippen LogP) is 2.31. The van der Waals surface area contributed by atoms with E-state index in [2.05, 4.69) is 47.9 Å². The van der Waals surface area contributed by atoms with Gasteiger partial charge < -0.3 is 10.0 Å². The van der Waals surface area contributed by atoms with Crippen molar-refractivity contribution in [3.63, 3.8) is 0 Å². The highest BCUT2D eigenvalue weighted by Gasteiger charge is 2.16. The highest BCUT2D eigenvalue weighted by Crippen LogP contribution is 2.16. The molecule has 3 nitrogen and oxygen atoms in total. The van der Waals surface area contributed by atoms with Gasteiger partial charge in [0.05, 0.1) is 0 Å². The number of nitrogens with zero attached hydrogens (tertiary/aromatic N) is 2. The molecule has 1 aliphatic rings. The molecule has 1 saturated heterocycles. The summed E-state index contributed by atoms with van der Waals surface area (Å²) in [4.78, 5) is 4.98. The summed E-state index contributed by atoms with van der Waals surface area (Å²) < 4.78 is 0. The van der Waals surface area contributed by atoms with Gasteiger partial charge in [0.15, 0.2) is 0 Å². The number of aliphatic hydroxyl groups is 1. The Balaban J connectivity index is 1.77. The highest BCUT2D eigenvalue weighted by atomic mass is 16.3. The molecule has 20 heavy (non-hydrogen) atoms. The summed E-state index contributed by atoms with van der Waals surface area (Å²) in [5.74, 6) is 0.610. The van der Waals surface area contributed by atoms with Gasteiger partial charge in [0.1, 0.15) is 0 Å². The first-order valence-corrected chi connectivity index (χ1v) is 7.83. The molecule has 1 fully saturated rings. The van der Waals surface area contributed by atoms with Gasteiger partial charge in [-0.3, -0.25) is 4.90 Å². The molecule has 1 heterocycles. The highest BCUT2D eigenvalue weighted by molar-refractivity contribution is 5.24. The monoisotopic (exact) mass is 276 g/mol. The van der Waals surface area contributed by atoms with E-state index in [0.29, 0.717) is 12.5 Å². The molecule has 1 N–H and O–H groups in total. The second kappa shape index (κ2) is 7.77. The Morgan fingerprint density at radius 1 is 1.00 bits per heavy atom. The Morgan fingerprint density at radius 3 is 2.15 bits per heavy atom. The Morgan fingerprint density at radius 2 is 1.60 bits per heavy atom. The van der Waals surface area contributed by atoms with Crippen molar-refractivity contribution in [1.29, 1.82) is 0 Å². The number of hydrogen-bond acceptors (Lipinski definition) is 3. The first-order valence-electron chi connectivity index (χ1n) is 7.83. The Bertz CT molecular complexity index is 380. The Kier molecular flexibility index (Phi) is 6.02. The Labute approximate surface area is 123 Å². The molecule has 0 bridgehead atoms. The van der Waals surface area contributed by atoms with Gasteiger partial charge in [0.25, 0.3) is 0 Å². The quantitative estimate of drug-likeness (QED) is 0.864. The average Bonchev–Trinajstić information content (AvgIpc) is 2.47. The molecule has 0 atom stereocenters. The van der Waals surface area contributed by atoms with Gasteiger partial charge in [0, 0.05) is 45.9 Å². The molecule has 3 heteroatoms. The van der Waals surface area contributed by atoms with Crippen molar-refractivity contribution < 1.29 is 5.11 Å². The van der Waals surface area contributed by atoms with Gasteiger partial charge in [-0.2, -0.15) is 0 Å². The summed E-state index contributed by atoms with van der Waals surface area (Å²) in [7, 11) is 0. The van der Waals surface area contributed by atoms with Crippen LogP contribution in [0.15, 0.2) is 24.3 Å². The summed E-state index contributed by atoms with van der Waals surface area (Å²) in [6, 6.07) is 9.07. The third-order valence-corrected chi connectivity index (χ3v) is 4.15. The zero-order chi connectivity index (χ0) is 14.4. The van der Waals surface area contributed by atoms with Crippen LogP contribution < -0.4 is 0 Å². The van der Waals surface area contributed by atoms with Crippen molar-refractivity contribution in [2.24, 2.45) is 0 Å². The molecule has 0 spiro atoms. The number of rotatable bonds is 6. The summed E-state index contributed by atoms with van der Waals surface area (Å²) >= 11 is 0. The zero-order valence-corrected chi connectivity index (χ0v) is 12.9. The first kappa shape index (κ1) is 15.5. The van der Waals surface area contributed by atoms with Crippen LogP contribution in [0, 0.1) is 0 Å². The van der Waals surface area contributed by atoms with Crippen molar-refractivity contribution >= 4 is 0 Å². The van der Waals surface area contributed by atoms with Crippen LogP contribution in [0.1, 0.15) is 37.3 Å². The van der Waals surface area contributed by atoms with Gasteiger partial charge in [-0.05, 0) is 23.5 Å². The van der Waals surface area contributed by atoms with E-state index >= 15 is 0 Å². The molecule has 1 aromatic rings. The minimum atomic E-state index is 0.308. The minimum Gasteiger partial charge on any atom is -0.396 e. The molecular weight excluding hydrogens is 248 g/mol. The predicted molar refractivity (Wildman–Crippen MR) is 84.0 cm³/mol. The van der Waals surface area contributed by atoms with Crippen molar-refractivity contribution in [2.45, 2.75) is 32.7 Å². The molecule has 0 aromatic heterocycles. The van der Waals surface area contributed by atoms with Crippen LogP contribution in [0.5, 0.6) is 0 Å². The van der Waals surface area contributed by atoms with Gasteiger partial charge in [-0.1, -0.05) is 38.1 Å². The molecular formula is C17H28N2O. The standard InChI is InChI=1S/C17H28N2O/c1-15(2)17-6-4-16(5-7-17)14-19-11-9-18(10-12-19)8-3-13-20/h4-7,15,20H,3,8-14H2,1-2H3. The van der Waals surface area contributed by atoms with E-state index in [0.717, 1.165) is 45.7 Å². The molecule has 0 unspecified atom stereocenters. The number of benzene rings is 1. The molecule has 0 aliphatic carbocycles.